The van der Waals surface area contributed by atoms with E-state index >= 15 is 0 Å². The topological polar surface area (TPSA) is 54.4 Å². The molecular formula is C13H11F3O3. The minimum Gasteiger partial charge on any atom is -0.480 e. The van der Waals surface area contributed by atoms with Crippen molar-refractivity contribution in [3.63, 3.8) is 0 Å². The molecule has 1 aromatic rings. The number of ketones is 1. The van der Waals surface area contributed by atoms with E-state index in [2.05, 4.69) is 0 Å². The van der Waals surface area contributed by atoms with Crippen molar-refractivity contribution in [2.75, 3.05) is 0 Å². The maximum Gasteiger partial charge on any atom is 0.323 e. The van der Waals surface area contributed by atoms with E-state index in [1.807, 2.05) is 0 Å². The van der Waals surface area contributed by atoms with Crippen molar-refractivity contribution in [2.24, 2.45) is 11.3 Å². The molecule has 1 N–H and O–H groups in total. The van der Waals surface area contributed by atoms with Crippen molar-refractivity contribution in [1.29, 1.82) is 0 Å². The standard InChI is InChI=1S/C13H11F3O3/c1-6-4-7-2-3-8(14)5-9(7)10(17)13(6,11(15)16)12(18)19/h2-3,5-6,11H,4H2,1H3,(H,18,19). The molecule has 2 unspecified atom stereocenters. The molecule has 0 heterocycles. The van der Waals surface area contributed by atoms with E-state index in [9.17, 15) is 22.8 Å². The Bertz CT molecular complexity index is 556. The summed E-state index contributed by atoms with van der Waals surface area (Å²) in [5.41, 5.74) is -2.65. The van der Waals surface area contributed by atoms with Crippen LogP contribution in [0.3, 0.4) is 0 Å². The number of carbonyl (C=O) groups excluding carboxylic acids is 1. The lowest BCUT2D eigenvalue weighted by atomic mass is 9.64. The van der Waals surface area contributed by atoms with E-state index in [0.717, 1.165) is 12.1 Å². The molecule has 2 rings (SSSR count). The van der Waals surface area contributed by atoms with Crippen LogP contribution in [-0.2, 0) is 11.2 Å². The molecule has 102 valence electrons. The molecular weight excluding hydrogens is 261 g/mol. The van der Waals surface area contributed by atoms with Gasteiger partial charge in [0.15, 0.2) is 11.2 Å². The zero-order valence-electron chi connectivity index (χ0n) is 9.99. The lowest BCUT2D eigenvalue weighted by molar-refractivity contribution is -0.158. The molecule has 0 saturated carbocycles. The zero-order chi connectivity index (χ0) is 14.4. The Morgan fingerprint density at radius 3 is 2.63 bits per heavy atom. The summed E-state index contributed by atoms with van der Waals surface area (Å²) in [7, 11) is 0. The van der Waals surface area contributed by atoms with Crippen molar-refractivity contribution >= 4 is 11.8 Å². The van der Waals surface area contributed by atoms with Crippen LogP contribution in [0.4, 0.5) is 13.2 Å². The smallest absolute Gasteiger partial charge is 0.323 e. The van der Waals surface area contributed by atoms with Crippen LogP contribution in [0.5, 0.6) is 0 Å². The van der Waals surface area contributed by atoms with Crippen molar-refractivity contribution in [3.05, 3.63) is 35.1 Å². The second-order valence-electron chi connectivity index (χ2n) is 4.71. The van der Waals surface area contributed by atoms with Crippen LogP contribution in [0, 0.1) is 17.2 Å². The molecule has 0 aromatic heterocycles. The average molecular weight is 272 g/mol. The van der Waals surface area contributed by atoms with Gasteiger partial charge in [-0.1, -0.05) is 13.0 Å². The van der Waals surface area contributed by atoms with Crippen molar-refractivity contribution in [1.82, 2.24) is 0 Å². The Morgan fingerprint density at radius 1 is 1.47 bits per heavy atom. The van der Waals surface area contributed by atoms with Crippen LogP contribution >= 0.6 is 0 Å². The first-order chi connectivity index (χ1) is 8.81. The predicted octanol–water partition coefficient (Wildman–Crippen LogP) is 2.54. The monoisotopic (exact) mass is 272 g/mol. The minimum absolute atomic E-state index is 0.00199. The summed E-state index contributed by atoms with van der Waals surface area (Å²) < 4.78 is 39.6. The van der Waals surface area contributed by atoms with E-state index in [0.29, 0.717) is 5.56 Å². The molecule has 1 aliphatic carbocycles. The summed E-state index contributed by atoms with van der Waals surface area (Å²) in [6.07, 6.45) is -3.35. The molecule has 19 heavy (non-hydrogen) atoms. The van der Waals surface area contributed by atoms with Crippen molar-refractivity contribution in [2.45, 2.75) is 19.8 Å². The lowest BCUT2D eigenvalue weighted by Gasteiger charge is -2.37. The predicted molar refractivity (Wildman–Crippen MR) is 59.7 cm³/mol. The Labute approximate surface area is 107 Å². The van der Waals surface area contributed by atoms with Crippen molar-refractivity contribution in [3.8, 4) is 0 Å². The fourth-order valence-corrected chi connectivity index (χ4v) is 2.59. The fraction of sp³-hybridized carbons (Fsp3) is 0.385. The van der Waals surface area contributed by atoms with Gasteiger partial charge in [-0.2, -0.15) is 0 Å². The van der Waals surface area contributed by atoms with Gasteiger partial charge in [-0.05, 0) is 30.0 Å². The first-order valence-electron chi connectivity index (χ1n) is 5.66. The number of fused-ring (bicyclic) bond motifs is 1. The molecule has 0 amide bonds. The largest absolute Gasteiger partial charge is 0.480 e. The Balaban J connectivity index is 2.67. The number of hydrogen-bond acceptors (Lipinski definition) is 2. The minimum atomic E-state index is -3.34. The highest BCUT2D eigenvalue weighted by atomic mass is 19.3. The van der Waals surface area contributed by atoms with Crippen LogP contribution in [0.25, 0.3) is 0 Å². The maximum absolute atomic E-state index is 13.2. The van der Waals surface area contributed by atoms with Gasteiger partial charge < -0.3 is 5.11 Å². The fourth-order valence-electron chi connectivity index (χ4n) is 2.59. The normalized spacial score (nSPS) is 26.4. The first kappa shape index (κ1) is 13.6. The second kappa shape index (κ2) is 4.36. The van der Waals surface area contributed by atoms with E-state index in [-0.39, 0.29) is 12.0 Å². The highest BCUT2D eigenvalue weighted by molar-refractivity contribution is 6.14. The number of Topliss-reactive ketones (excluding diaryl/α,β-unsaturated/α-hetero) is 1. The summed E-state index contributed by atoms with van der Waals surface area (Å²) in [5.74, 6) is -4.90. The quantitative estimate of drug-likeness (QED) is 0.842. The van der Waals surface area contributed by atoms with Gasteiger partial charge in [0.1, 0.15) is 5.82 Å². The molecule has 0 bridgehead atoms. The van der Waals surface area contributed by atoms with Gasteiger partial charge in [-0.3, -0.25) is 9.59 Å². The van der Waals surface area contributed by atoms with Gasteiger partial charge in [0, 0.05) is 5.56 Å². The number of carboxylic acids is 1. The number of rotatable bonds is 2. The molecule has 2 atom stereocenters. The van der Waals surface area contributed by atoms with E-state index in [1.54, 1.807) is 0 Å². The van der Waals surface area contributed by atoms with Crippen LogP contribution in [0.2, 0.25) is 0 Å². The molecule has 0 saturated heterocycles. The molecule has 0 aliphatic heterocycles. The van der Waals surface area contributed by atoms with Crippen LogP contribution in [0.15, 0.2) is 18.2 Å². The summed E-state index contributed by atoms with van der Waals surface area (Å²) in [6.45, 7) is 1.30. The van der Waals surface area contributed by atoms with Crippen LogP contribution in [0.1, 0.15) is 22.8 Å². The van der Waals surface area contributed by atoms with E-state index in [4.69, 9.17) is 5.11 Å². The number of carbonyl (C=O) groups is 2. The van der Waals surface area contributed by atoms with Crippen molar-refractivity contribution < 1.29 is 27.9 Å². The van der Waals surface area contributed by atoms with Gasteiger partial charge in [-0.25, -0.2) is 13.2 Å². The number of hydrogen-bond donors (Lipinski definition) is 1. The summed E-state index contributed by atoms with van der Waals surface area (Å²) >= 11 is 0. The van der Waals surface area contributed by atoms with Crippen LogP contribution in [-0.4, -0.2) is 23.3 Å². The zero-order valence-corrected chi connectivity index (χ0v) is 9.99. The maximum atomic E-state index is 13.2. The molecule has 0 spiro atoms. The lowest BCUT2D eigenvalue weighted by Crippen LogP contribution is -2.53. The van der Waals surface area contributed by atoms with Gasteiger partial charge >= 0.3 is 5.97 Å². The van der Waals surface area contributed by atoms with Gasteiger partial charge in [0.2, 0.25) is 0 Å². The van der Waals surface area contributed by atoms with Gasteiger partial charge in [-0.15, -0.1) is 0 Å². The van der Waals surface area contributed by atoms with Crippen LogP contribution < -0.4 is 0 Å². The highest BCUT2D eigenvalue weighted by Crippen LogP contribution is 2.44. The van der Waals surface area contributed by atoms with E-state index < -0.39 is 35.3 Å². The second-order valence-corrected chi connectivity index (χ2v) is 4.71. The first-order valence-corrected chi connectivity index (χ1v) is 5.66. The molecule has 6 heteroatoms. The van der Waals surface area contributed by atoms with Gasteiger partial charge in [0.25, 0.3) is 6.43 Å². The third-order valence-electron chi connectivity index (χ3n) is 3.69. The summed E-state index contributed by atoms with van der Waals surface area (Å²) in [5, 5.41) is 9.10. The number of carboxylic acid groups (broad SMARTS) is 1. The molecule has 0 fully saturated rings. The number of aliphatic carboxylic acids is 1. The third-order valence-corrected chi connectivity index (χ3v) is 3.69. The number of halogens is 3. The average Bonchev–Trinajstić information content (AvgIpc) is 2.30. The molecule has 3 nitrogen and oxygen atoms in total. The molecule has 0 radical (unpaired) electrons. The number of alkyl halides is 2. The Hall–Kier alpha value is -1.85. The molecule has 1 aliphatic rings. The van der Waals surface area contributed by atoms with Gasteiger partial charge in [0.05, 0.1) is 0 Å². The molecule has 1 aromatic carbocycles. The number of benzene rings is 1. The van der Waals surface area contributed by atoms with E-state index in [1.165, 1.54) is 13.0 Å². The summed E-state index contributed by atoms with van der Waals surface area (Å²) in [6, 6.07) is 3.27. The summed E-state index contributed by atoms with van der Waals surface area (Å²) in [4.78, 5) is 23.4. The Morgan fingerprint density at radius 2 is 2.11 bits per heavy atom. The Kier molecular flexibility index (Phi) is 3.12. The highest BCUT2D eigenvalue weighted by Gasteiger charge is 2.60. The SMILES string of the molecule is CC1Cc2ccc(F)cc2C(=O)C1(C(=O)O)C(F)F. The third kappa shape index (κ3) is 1.74.